The summed E-state index contributed by atoms with van der Waals surface area (Å²) in [4.78, 5) is 11.9. The van der Waals surface area contributed by atoms with Gasteiger partial charge in [0.25, 0.3) is 0 Å². The molecule has 1 saturated heterocycles. The van der Waals surface area contributed by atoms with Crippen LogP contribution >= 0.6 is 0 Å². The topological polar surface area (TPSA) is 75.7 Å². The number of nitrogens with one attached hydrogen (secondary N) is 1. The first-order valence-corrected chi connectivity index (χ1v) is 10.1. The molecule has 0 aromatic heterocycles. The van der Waals surface area contributed by atoms with Crippen LogP contribution in [0.2, 0.25) is 0 Å². The highest BCUT2D eigenvalue weighted by molar-refractivity contribution is 7.89. The summed E-state index contributed by atoms with van der Waals surface area (Å²) in [5.74, 6) is -0.376. The zero-order valence-corrected chi connectivity index (χ0v) is 14.6. The van der Waals surface area contributed by atoms with E-state index in [0.29, 0.717) is 19.6 Å². The average molecular weight is 352 g/mol. The third-order valence-electron chi connectivity index (χ3n) is 4.63. The van der Waals surface area contributed by atoms with Crippen molar-refractivity contribution in [3.63, 3.8) is 0 Å². The van der Waals surface area contributed by atoms with E-state index in [1.54, 1.807) is 0 Å². The van der Waals surface area contributed by atoms with Crippen LogP contribution in [0.4, 0.5) is 0 Å². The molecule has 132 valence electrons. The molecule has 0 radical (unpaired) electrons. The third kappa shape index (κ3) is 4.34. The van der Waals surface area contributed by atoms with E-state index in [0.717, 1.165) is 31.4 Å². The Kier molecular flexibility index (Phi) is 5.53. The number of carbonyl (C=O) groups is 1. The van der Waals surface area contributed by atoms with Crippen molar-refractivity contribution < 1.29 is 17.9 Å². The lowest BCUT2D eigenvalue weighted by Crippen LogP contribution is -2.39. The van der Waals surface area contributed by atoms with Crippen LogP contribution in [-0.2, 0) is 32.5 Å². The lowest BCUT2D eigenvalue weighted by Gasteiger charge is -2.28. The monoisotopic (exact) mass is 352 g/mol. The minimum atomic E-state index is -3.42. The van der Waals surface area contributed by atoms with Gasteiger partial charge in [-0.2, -0.15) is 4.31 Å². The zero-order chi connectivity index (χ0) is 17.0. The Morgan fingerprint density at radius 2 is 2.08 bits per heavy atom. The summed E-state index contributed by atoms with van der Waals surface area (Å²) in [7, 11) is -3.42. The minimum absolute atomic E-state index is 0.00675. The van der Waals surface area contributed by atoms with E-state index in [2.05, 4.69) is 5.32 Å². The van der Waals surface area contributed by atoms with Crippen LogP contribution in [0.15, 0.2) is 24.3 Å². The van der Waals surface area contributed by atoms with E-state index in [9.17, 15) is 13.2 Å². The number of hydrogen-bond donors (Lipinski definition) is 1. The van der Waals surface area contributed by atoms with Gasteiger partial charge in [-0.15, -0.1) is 0 Å². The minimum Gasteiger partial charge on any atom is -0.376 e. The summed E-state index contributed by atoms with van der Waals surface area (Å²) in [6, 6.07) is 7.90. The van der Waals surface area contributed by atoms with Crippen molar-refractivity contribution in [2.24, 2.45) is 0 Å². The maximum atomic E-state index is 12.5. The fourth-order valence-electron chi connectivity index (χ4n) is 3.18. The highest BCUT2D eigenvalue weighted by Gasteiger charge is 2.27. The average Bonchev–Trinajstić information content (AvgIpc) is 3.11. The van der Waals surface area contributed by atoms with E-state index in [1.165, 1.54) is 9.87 Å². The highest BCUT2D eigenvalue weighted by Crippen LogP contribution is 2.21. The zero-order valence-electron chi connectivity index (χ0n) is 13.7. The van der Waals surface area contributed by atoms with Gasteiger partial charge in [0.2, 0.25) is 15.9 Å². The van der Waals surface area contributed by atoms with Gasteiger partial charge in [0.1, 0.15) is 0 Å². The van der Waals surface area contributed by atoms with Gasteiger partial charge in [0.15, 0.2) is 0 Å². The van der Waals surface area contributed by atoms with Gasteiger partial charge in [-0.3, -0.25) is 4.79 Å². The van der Waals surface area contributed by atoms with Crippen molar-refractivity contribution >= 4 is 15.9 Å². The number of fused-ring (bicyclic) bond motifs is 1. The van der Waals surface area contributed by atoms with Gasteiger partial charge in [-0.1, -0.05) is 24.3 Å². The van der Waals surface area contributed by atoms with Crippen molar-refractivity contribution in [1.29, 1.82) is 0 Å². The first kappa shape index (κ1) is 17.4. The van der Waals surface area contributed by atoms with Crippen molar-refractivity contribution in [3.05, 3.63) is 35.4 Å². The molecule has 2 aliphatic rings. The Morgan fingerprint density at radius 1 is 1.29 bits per heavy atom. The maximum Gasteiger partial charge on any atom is 0.221 e. The third-order valence-corrected chi connectivity index (χ3v) is 6.45. The van der Waals surface area contributed by atoms with Crippen molar-refractivity contribution in [3.8, 4) is 0 Å². The first-order chi connectivity index (χ1) is 11.5. The molecule has 0 saturated carbocycles. The van der Waals surface area contributed by atoms with Gasteiger partial charge in [0.05, 0.1) is 11.9 Å². The molecule has 1 unspecified atom stereocenters. The molecule has 1 amide bonds. The van der Waals surface area contributed by atoms with Crippen LogP contribution in [0.3, 0.4) is 0 Å². The van der Waals surface area contributed by atoms with Crippen LogP contribution in [0.5, 0.6) is 0 Å². The van der Waals surface area contributed by atoms with Gasteiger partial charge in [-0.25, -0.2) is 8.42 Å². The predicted octanol–water partition coefficient (Wildman–Crippen LogP) is 1.06. The molecule has 0 bridgehead atoms. The SMILES string of the molecule is O=C(CCS(=O)(=O)N1CCc2ccccc2C1)NCC1CCCO1. The number of hydrogen-bond acceptors (Lipinski definition) is 4. The van der Waals surface area contributed by atoms with Crippen LogP contribution in [0, 0.1) is 0 Å². The second-order valence-electron chi connectivity index (χ2n) is 6.36. The van der Waals surface area contributed by atoms with Gasteiger partial charge >= 0.3 is 0 Å². The molecule has 2 heterocycles. The number of rotatable bonds is 6. The fraction of sp³-hybridized carbons (Fsp3) is 0.588. The smallest absolute Gasteiger partial charge is 0.221 e. The number of sulfonamides is 1. The number of ether oxygens (including phenoxy) is 1. The quantitative estimate of drug-likeness (QED) is 0.831. The van der Waals surface area contributed by atoms with Gasteiger partial charge in [0, 0.05) is 32.7 Å². The summed E-state index contributed by atoms with van der Waals surface area (Å²) >= 11 is 0. The normalized spacial score (nSPS) is 21.4. The lowest BCUT2D eigenvalue weighted by atomic mass is 10.0. The number of benzene rings is 1. The van der Waals surface area contributed by atoms with E-state index >= 15 is 0 Å². The number of nitrogens with zero attached hydrogens (tertiary/aromatic N) is 1. The molecule has 1 aromatic rings. The Bertz CT molecular complexity index is 684. The van der Waals surface area contributed by atoms with E-state index < -0.39 is 10.0 Å². The Hall–Kier alpha value is -1.44. The van der Waals surface area contributed by atoms with E-state index in [1.807, 2.05) is 24.3 Å². The summed E-state index contributed by atoms with van der Waals surface area (Å²) in [5, 5.41) is 2.77. The number of amides is 1. The molecular weight excluding hydrogens is 328 g/mol. The van der Waals surface area contributed by atoms with Gasteiger partial charge in [-0.05, 0) is 30.4 Å². The molecule has 0 spiro atoms. The lowest BCUT2D eigenvalue weighted by molar-refractivity contribution is -0.121. The molecule has 6 nitrogen and oxygen atoms in total. The van der Waals surface area contributed by atoms with Crippen LogP contribution < -0.4 is 5.32 Å². The summed E-state index contributed by atoms with van der Waals surface area (Å²) in [6.07, 6.45) is 2.76. The Balaban J connectivity index is 1.48. The van der Waals surface area contributed by atoms with Crippen molar-refractivity contribution in [1.82, 2.24) is 9.62 Å². The van der Waals surface area contributed by atoms with Crippen LogP contribution in [0.25, 0.3) is 0 Å². The van der Waals surface area contributed by atoms with Crippen LogP contribution in [0.1, 0.15) is 30.4 Å². The molecule has 24 heavy (non-hydrogen) atoms. The second kappa shape index (κ2) is 7.63. The van der Waals surface area contributed by atoms with E-state index in [-0.39, 0.29) is 24.2 Å². The van der Waals surface area contributed by atoms with Crippen molar-refractivity contribution in [2.45, 2.75) is 38.3 Å². The predicted molar refractivity (Wildman–Crippen MR) is 90.9 cm³/mol. The molecular formula is C17H24N2O4S. The Morgan fingerprint density at radius 3 is 2.83 bits per heavy atom. The van der Waals surface area contributed by atoms with E-state index in [4.69, 9.17) is 4.74 Å². The molecule has 0 aliphatic carbocycles. The molecule has 1 fully saturated rings. The fourth-order valence-corrected chi connectivity index (χ4v) is 4.59. The first-order valence-electron chi connectivity index (χ1n) is 8.47. The molecule has 1 atom stereocenters. The van der Waals surface area contributed by atoms with Crippen LogP contribution in [-0.4, -0.2) is 50.2 Å². The Labute approximate surface area is 143 Å². The summed E-state index contributed by atoms with van der Waals surface area (Å²) < 4.78 is 31.9. The van der Waals surface area contributed by atoms with Crippen molar-refractivity contribution in [2.75, 3.05) is 25.4 Å². The summed E-state index contributed by atoms with van der Waals surface area (Å²) in [5.41, 5.74) is 2.26. The highest BCUT2D eigenvalue weighted by atomic mass is 32.2. The molecule has 1 N–H and O–H groups in total. The standard InChI is InChI=1S/C17H24N2O4S/c20-17(18-12-16-6-3-10-23-16)8-11-24(21,22)19-9-7-14-4-1-2-5-15(14)13-19/h1-2,4-5,16H,3,6-13H2,(H,18,20). The van der Waals surface area contributed by atoms with Gasteiger partial charge < -0.3 is 10.1 Å². The molecule has 3 rings (SSSR count). The molecule has 7 heteroatoms. The molecule has 1 aromatic carbocycles. The summed E-state index contributed by atoms with van der Waals surface area (Å²) in [6.45, 7) is 2.09. The number of carbonyl (C=O) groups excluding carboxylic acids is 1. The maximum absolute atomic E-state index is 12.5. The largest absolute Gasteiger partial charge is 0.376 e. The second-order valence-corrected chi connectivity index (χ2v) is 8.45. The molecule has 2 aliphatic heterocycles.